The van der Waals surface area contributed by atoms with Crippen molar-refractivity contribution < 1.29 is 18.7 Å². The van der Waals surface area contributed by atoms with Crippen molar-refractivity contribution in [2.24, 2.45) is 0 Å². The van der Waals surface area contributed by atoms with Gasteiger partial charge < -0.3 is 19.8 Å². The number of furan rings is 1. The van der Waals surface area contributed by atoms with Crippen LogP contribution in [0.15, 0.2) is 41.2 Å². The van der Waals surface area contributed by atoms with E-state index in [2.05, 4.69) is 16.7 Å². The highest BCUT2D eigenvalue weighted by atomic mass is 16.5. The fraction of sp³-hybridized carbons (Fsp3) is 0.294. The van der Waals surface area contributed by atoms with Gasteiger partial charge in [-0.15, -0.1) is 0 Å². The molecule has 1 aromatic carbocycles. The Morgan fingerprint density at radius 3 is 2.52 bits per heavy atom. The van der Waals surface area contributed by atoms with Crippen molar-refractivity contribution in [2.45, 2.75) is 13.8 Å². The van der Waals surface area contributed by atoms with Crippen LogP contribution in [0.25, 0.3) is 0 Å². The first-order valence-corrected chi connectivity index (χ1v) is 7.33. The predicted octanol–water partition coefficient (Wildman–Crippen LogP) is 1.82. The van der Waals surface area contributed by atoms with Gasteiger partial charge in [-0.2, -0.15) is 0 Å². The summed E-state index contributed by atoms with van der Waals surface area (Å²) in [7, 11) is 0. The summed E-state index contributed by atoms with van der Waals surface area (Å²) in [6.45, 7) is 4.65. The molecule has 0 atom stereocenters. The van der Waals surface area contributed by atoms with E-state index >= 15 is 0 Å². The lowest BCUT2D eigenvalue weighted by Gasteiger charge is -2.09. The van der Waals surface area contributed by atoms with E-state index in [1.165, 1.54) is 18.6 Å². The quantitative estimate of drug-likeness (QED) is 0.764. The summed E-state index contributed by atoms with van der Waals surface area (Å²) in [5.41, 5.74) is 2.65. The van der Waals surface area contributed by atoms with Crippen LogP contribution in [-0.2, 0) is 4.79 Å². The van der Waals surface area contributed by atoms with Crippen LogP contribution >= 0.6 is 0 Å². The second-order valence-corrected chi connectivity index (χ2v) is 5.22. The number of aryl methyl sites for hydroxylation is 2. The van der Waals surface area contributed by atoms with Crippen molar-refractivity contribution in [1.29, 1.82) is 0 Å². The summed E-state index contributed by atoms with van der Waals surface area (Å²) in [4.78, 5) is 23.2. The second-order valence-electron chi connectivity index (χ2n) is 5.22. The summed E-state index contributed by atoms with van der Waals surface area (Å²) >= 11 is 0. The molecule has 0 spiro atoms. The number of benzene rings is 1. The highest BCUT2D eigenvalue weighted by molar-refractivity contribution is 5.96. The Morgan fingerprint density at radius 1 is 1.13 bits per heavy atom. The standard InChI is InChI=1S/C17H20N2O4/c1-12-7-13(2)9-15(8-12)23-6-4-18-16(20)10-19-17(21)14-3-5-22-11-14/h3,5,7-9,11H,4,6,10H2,1-2H3,(H,18,20)(H,19,21). The fourth-order valence-electron chi connectivity index (χ4n) is 2.09. The molecule has 1 heterocycles. The molecule has 6 nitrogen and oxygen atoms in total. The normalized spacial score (nSPS) is 10.2. The molecule has 1 aromatic heterocycles. The van der Waals surface area contributed by atoms with Gasteiger partial charge in [0.25, 0.3) is 5.91 Å². The van der Waals surface area contributed by atoms with Gasteiger partial charge in [0.2, 0.25) is 5.91 Å². The highest BCUT2D eigenvalue weighted by Crippen LogP contribution is 2.15. The molecule has 0 fully saturated rings. The first-order valence-electron chi connectivity index (χ1n) is 7.33. The fourth-order valence-corrected chi connectivity index (χ4v) is 2.09. The molecule has 6 heteroatoms. The number of amides is 2. The van der Waals surface area contributed by atoms with Gasteiger partial charge in [-0.1, -0.05) is 6.07 Å². The Hall–Kier alpha value is -2.76. The molecule has 0 aliphatic rings. The summed E-state index contributed by atoms with van der Waals surface area (Å²) < 4.78 is 10.4. The zero-order valence-corrected chi connectivity index (χ0v) is 13.2. The summed E-state index contributed by atoms with van der Waals surface area (Å²) in [5, 5.41) is 5.19. The van der Waals surface area contributed by atoms with E-state index < -0.39 is 0 Å². The van der Waals surface area contributed by atoms with Gasteiger partial charge in [0, 0.05) is 0 Å². The first-order chi connectivity index (χ1) is 11.0. The lowest BCUT2D eigenvalue weighted by atomic mass is 10.1. The average Bonchev–Trinajstić information content (AvgIpc) is 3.02. The Kier molecular flexibility index (Phi) is 5.80. The number of nitrogens with one attached hydrogen (secondary N) is 2. The molecule has 0 saturated carbocycles. The van der Waals surface area contributed by atoms with Crippen molar-refractivity contribution in [3.63, 3.8) is 0 Å². The number of carbonyl (C=O) groups is 2. The average molecular weight is 316 g/mol. The molecule has 0 aliphatic carbocycles. The third-order valence-electron chi connectivity index (χ3n) is 3.08. The maximum absolute atomic E-state index is 11.6. The van der Waals surface area contributed by atoms with Gasteiger partial charge >= 0.3 is 0 Å². The molecule has 2 amide bonds. The molecular formula is C17H20N2O4. The molecule has 0 saturated heterocycles. The Morgan fingerprint density at radius 2 is 1.87 bits per heavy atom. The lowest BCUT2D eigenvalue weighted by molar-refractivity contribution is -0.120. The van der Waals surface area contributed by atoms with Crippen LogP contribution in [0.5, 0.6) is 5.75 Å². The van der Waals surface area contributed by atoms with Crippen LogP contribution in [0, 0.1) is 13.8 Å². The summed E-state index contributed by atoms with van der Waals surface area (Å²) in [6, 6.07) is 7.49. The van der Waals surface area contributed by atoms with Crippen LogP contribution in [0.1, 0.15) is 21.5 Å². The number of ether oxygens (including phenoxy) is 1. The van der Waals surface area contributed by atoms with Crippen LogP contribution < -0.4 is 15.4 Å². The van der Waals surface area contributed by atoms with Crippen molar-refractivity contribution in [3.05, 3.63) is 53.5 Å². The van der Waals surface area contributed by atoms with E-state index in [4.69, 9.17) is 9.15 Å². The van der Waals surface area contributed by atoms with E-state index in [1.54, 1.807) is 0 Å². The van der Waals surface area contributed by atoms with Crippen LogP contribution in [-0.4, -0.2) is 31.5 Å². The number of hydrogen-bond acceptors (Lipinski definition) is 4. The molecule has 23 heavy (non-hydrogen) atoms. The van der Waals surface area contributed by atoms with Crippen molar-refractivity contribution in [1.82, 2.24) is 10.6 Å². The molecule has 0 unspecified atom stereocenters. The molecule has 2 rings (SSSR count). The minimum atomic E-state index is -0.347. The van der Waals surface area contributed by atoms with Crippen molar-refractivity contribution in [3.8, 4) is 5.75 Å². The van der Waals surface area contributed by atoms with E-state index in [0.717, 1.165) is 16.9 Å². The number of rotatable bonds is 7. The predicted molar refractivity (Wildman–Crippen MR) is 85.5 cm³/mol. The van der Waals surface area contributed by atoms with Gasteiger partial charge in [-0.25, -0.2) is 0 Å². The maximum Gasteiger partial charge on any atom is 0.254 e. The van der Waals surface area contributed by atoms with E-state index in [0.29, 0.717) is 18.7 Å². The minimum Gasteiger partial charge on any atom is -0.492 e. The number of carbonyl (C=O) groups excluding carboxylic acids is 2. The third-order valence-corrected chi connectivity index (χ3v) is 3.08. The van der Waals surface area contributed by atoms with Gasteiger partial charge in [0.1, 0.15) is 18.6 Å². The molecule has 0 radical (unpaired) electrons. The largest absolute Gasteiger partial charge is 0.492 e. The molecule has 0 bridgehead atoms. The molecule has 2 aromatic rings. The van der Waals surface area contributed by atoms with E-state index in [-0.39, 0.29) is 18.4 Å². The monoisotopic (exact) mass is 316 g/mol. The van der Waals surface area contributed by atoms with Gasteiger partial charge in [0.05, 0.1) is 24.9 Å². The van der Waals surface area contributed by atoms with Crippen molar-refractivity contribution >= 4 is 11.8 Å². The van der Waals surface area contributed by atoms with Gasteiger partial charge in [-0.05, 0) is 43.2 Å². The van der Waals surface area contributed by atoms with Crippen LogP contribution in [0.3, 0.4) is 0 Å². The Balaban J connectivity index is 1.64. The topological polar surface area (TPSA) is 80.6 Å². The molecule has 2 N–H and O–H groups in total. The summed E-state index contributed by atoms with van der Waals surface area (Å²) in [6.07, 6.45) is 2.73. The van der Waals surface area contributed by atoms with Crippen molar-refractivity contribution in [2.75, 3.05) is 19.7 Å². The molecular weight excluding hydrogens is 296 g/mol. The zero-order chi connectivity index (χ0) is 16.7. The molecule has 122 valence electrons. The smallest absolute Gasteiger partial charge is 0.254 e. The maximum atomic E-state index is 11.6. The number of hydrogen-bond donors (Lipinski definition) is 2. The van der Waals surface area contributed by atoms with Crippen LogP contribution in [0.4, 0.5) is 0 Å². The Labute approximate surface area is 134 Å². The van der Waals surface area contributed by atoms with Crippen LogP contribution in [0.2, 0.25) is 0 Å². The second kappa shape index (κ2) is 8.03. The first kappa shape index (κ1) is 16.6. The van der Waals surface area contributed by atoms with Gasteiger partial charge in [-0.3, -0.25) is 9.59 Å². The van der Waals surface area contributed by atoms with E-state index in [9.17, 15) is 9.59 Å². The Bertz CT molecular complexity index is 645. The summed E-state index contributed by atoms with van der Waals surface area (Å²) in [5.74, 6) is 0.163. The minimum absolute atomic E-state index is 0.0897. The zero-order valence-electron chi connectivity index (χ0n) is 13.2. The SMILES string of the molecule is Cc1cc(C)cc(OCCNC(=O)CNC(=O)c2ccoc2)c1. The highest BCUT2D eigenvalue weighted by Gasteiger charge is 2.08. The third kappa shape index (κ3) is 5.50. The lowest BCUT2D eigenvalue weighted by Crippen LogP contribution is -2.38. The van der Waals surface area contributed by atoms with Gasteiger partial charge in [0.15, 0.2) is 0 Å². The van der Waals surface area contributed by atoms with E-state index in [1.807, 2.05) is 26.0 Å². The molecule has 0 aliphatic heterocycles.